The average Bonchev–Trinajstić information content (AvgIpc) is 3.38. The smallest absolute Gasteiger partial charge is 0.274 e. The van der Waals surface area contributed by atoms with Gasteiger partial charge in [-0.15, -0.1) is 0 Å². The molecule has 2 fully saturated rings. The highest BCUT2D eigenvalue weighted by Gasteiger charge is 2.37. The molecule has 4 aliphatic heterocycles. The third kappa shape index (κ3) is 5.17. The molecule has 1 amide bonds. The Bertz CT molecular complexity index is 1960. The number of anilines is 4. The molecule has 12 nitrogen and oxygen atoms in total. The van der Waals surface area contributed by atoms with Gasteiger partial charge in [-0.25, -0.2) is 14.4 Å². The van der Waals surface area contributed by atoms with Gasteiger partial charge in [0.05, 0.1) is 48.0 Å². The van der Waals surface area contributed by atoms with E-state index in [1.54, 1.807) is 25.4 Å². The number of rotatable bonds is 7. The number of nitrogens with zero attached hydrogens (tertiary/aromatic N) is 7. The Morgan fingerprint density at radius 3 is 2.54 bits per heavy atom. The minimum Gasteiger partial charge on any atom is -0.378 e. The van der Waals surface area contributed by atoms with Crippen LogP contribution in [0.4, 0.5) is 27.4 Å². The summed E-state index contributed by atoms with van der Waals surface area (Å²) in [4.78, 5) is 54.8. The van der Waals surface area contributed by atoms with Crippen LogP contribution in [-0.4, -0.2) is 88.2 Å². The first-order valence-electron chi connectivity index (χ1n) is 16.6. The molecule has 4 aromatic heterocycles. The van der Waals surface area contributed by atoms with E-state index in [9.17, 15) is 14.4 Å². The molecule has 0 bridgehead atoms. The Hall–Kier alpha value is -4.88. The van der Waals surface area contributed by atoms with Gasteiger partial charge in [0.2, 0.25) is 0 Å². The van der Waals surface area contributed by atoms with Crippen LogP contribution < -0.4 is 20.7 Å². The molecule has 4 aromatic rings. The Balaban J connectivity index is 1.05. The van der Waals surface area contributed by atoms with Gasteiger partial charge in [0.1, 0.15) is 17.3 Å². The molecule has 2 saturated heterocycles. The maximum absolute atomic E-state index is 15.5. The summed E-state index contributed by atoms with van der Waals surface area (Å²) in [5.41, 5.74) is 3.70. The molecule has 13 heteroatoms. The third-order valence-electron chi connectivity index (χ3n) is 10.2. The molecule has 248 valence electrons. The van der Waals surface area contributed by atoms with Gasteiger partial charge in [-0.2, -0.15) is 0 Å². The second-order valence-corrected chi connectivity index (χ2v) is 12.9. The van der Waals surface area contributed by atoms with E-state index >= 15 is 4.39 Å². The zero-order valence-electron chi connectivity index (χ0n) is 26.8. The molecule has 0 aliphatic carbocycles. The van der Waals surface area contributed by atoms with E-state index in [1.165, 1.54) is 15.7 Å². The number of aryl methyl sites for hydroxylation is 1. The summed E-state index contributed by atoms with van der Waals surface area (Å²) in [6.45, 7) is 6.40. The average molecular weight is 653 g/mol. The number of ether oxygens (including phenoxy) is 1. The molecular formula is C35H37FN8O4. The SMILES string of the molecule is Cn1cc(-c2ccnc(N3CCc4c(c(F)c5n4CCCC5)C3=O)c2C=O)cc(Nc2ccc(N3CCN(C4COC4)CC3)cn2)c1=O. The quantitative estimate of drug-likeness (QED) is 0.300. The van der Waals surface area contributed by atoms with E-state index in [0.29, 0.717) is 54.4 Å². The Morgan fingerprint density at radius 2 is 1.81 bits per heavy atom. The second kappa shape index (κ2) is 12.3. The summed E-state index contributed by atoms with van der Waals surface area (Å²) in [6, 6.07) is 7.73. The van der Waals surface area contributed by atoms with E-state index in [2.05, 4.69) is 25.1 Å². The molecule has 0 aromatic carbocycles. The lowest BCUT2D eigenvalue weighted by Gasteiger charge is -2.43. The van der Waals surface area contributed by atoms with Crippen molar-refractivity contribution >= 4 is 35.2 Å². The molecule has 0 spiro atoms. The predicted molar refractivity (Wildman–Crippen MR) is 179 cm³/mol. The van der Waals surface area contributed by atoms with Crippen LogP contribution >= 0.6 is 0 Å². The number of nitrogens with one attached hydrogen (secondary N) is 1. The second-order valence-electron chi connectivity index (χ2n) is 12.9. The monoisotopic (exact) mass is 652 g/mol. The van der Waals surface area contributed by atoms with Gasteiger partial charge >= 0.3 is 0 Å². The fourth-order valence-corrected chi connectivity index (χ4v) is 7.46. The first-order valence-corrected chi connectivity index (χ1v) is 16.6. The van der Waals surface area contributed by atoms with Crippen LogP contribution in [0.2, 0.25) is 0 Å². The summed E-state index contributed by atoms with van der Waals surface area (Å²) in [5.74, 6) is -0.267. The van der Waals surface area contributed by atoms with Crippen molar-refractivity contribution in [3.8, 4) is 11.1 Å². The summed E-state index contributed by atoms with van der Waals surface area (Å²) in [7, 11) is 1.64. The molecule has 0 saturated carbocycles. The highest BCUT2D eigenvalue weighted by atomic mass is 19.1. The number of carbonyl (C=O) groups excluding carboxylic acids is 2. The lowest BCUT2D eigenvalue weighted by Crippen LogP contribution is -2.56. The van der Waals surface area contributed by atoms with Crippen molar-refractivity contribution in [3.63, 3.8) is 0 Å². The number of hydrogen-bond acceptors (Lipinski definition) is 9. The van der Waals surface area contributed by atoms with Crippen molar-refractivity contribution in [2.75, 3.05) is 61.1 Å². The fourth-order valence-electron chi connectivity index (χ4n) is 7.46. The van der Waals surface area contributed by atoms with E-state index in [-0.39, 0.29) is 34.7 Å². The number of halogens is 1. The van der Waals surface area contributed by atoms with Crippen molar-refractivity contribution in [2.45, 2.75) is 38.3 Å². The van der Waals surface area contributed by atoms with Crippen molar-refractivity contribution in [1.82, 2.24) is 24.0 Å². The number of aldehydes is 1. The molecule has 8 rings (SSSR count). The van der Waals surface area contributed by atoms with Gasteiger partial charge in [0.15, 0.2) is 12.1 Å². The maximum atomic E-state index is 15.5. The lowest BCUT2D eigenvalue weighted by atomic mass is 10.0. The Labute approximate surface area is 276 Å². The van der Waals surface area contributed by atoms with Crippen LogP contribution in [0, 0.1) is 5.82 Å². The van der Waals surface area contributed by atoms with E-state index in [0.717, 1.165) is 63.6 Å². The van der Waals surface area contributed by atoms with Gasteiger partial charge in [0.25, 0.3) is 11.5 Å². The maximum Gasteiger partial charge on any atom is 0.274 e. The van der Waals surface area contributed by atoms with Gasteiger partial charge in [-0.1, -0.05) is 0 Å². The summed E-state index contributed by atoms with van der Waals surface area (Å²) in [6.07, 6.45) is 8.57. The Morgan fingerprint density at radius 1 is 0.979 bits per heavy atom. The van der Waals surface area contributed by atoms with Gasteiger partial charge in [0, 0.05) is 76.4 Å². The van der Waals surface area contributed by atoms with Gasteiger partial charge < -0.3 is 24.1 Å². The molecule has 8 heterocycles. The number of pyridine rings is 3. The summed E-state index contributed by atoms with van der Waals surface area (Å²) >= 11 is 0. The van der Waals surface area contributed by atoms with Crippen molar-refractivity contribution < 1.29 is 18.7 Å². The first-order chi connectivity index (χ1) is 23.4. The molecule has 0 atom stereocenters. The number of fused-ring (bicyclic) bond motifs is 3. The minimum atomic E-state index is -0.490. The zero-order chi connectivity index (χ0) is 32.9. The van der Waals surface area contributed by atoms with Gasteiger partial charge in [-0.05, 0) is 49.1 Å². The topological polar surface area (TPSA) is 118 Å². The summed E-state index contributed by atoms with van der Waals surface area (Å²) in [5, 5.41) is 3.16. The van der Waals surface area contributed by atoms with Crippen LogP contribution in [0.25, 0.3) is 11.1 Å². The van der Waals surface area contributed by atoms with Crippen LogP contribution in [-0.2, 0) is 31.2 Å². The summed E-state index contributed by atoms with van der Waals surface area (Å²) < 4.78 is 24.3. The molecule has 4 aliphatic rings. The highest BCUT2D eigenvalue weighted by molar-refractivity contribution is 6.10. The van der Waals surface area contributed by atoms with Crippen LogP contribution in [0.5, 0.6) is 0 Å². The van der Waals surface area contributed by atoms with Crippen LogP contribution in [0.15, 0.2) is 47.7 Å². The standard InChI is InChI=1S/C35H37FN8O4/c1-40-18-22(16-27(34(40)46)39-30-6-5-23(17-38-30)41-12-14-42(15-13-41)24-20-48-21-24)25-7-9-37-33(26(25)19-45)44-11-8-28-31(35(44)47)32(36)29-4-2-3-10-43(28)29/h5-7,9,16-19,24H,2-4,8,10-15,20-21H2,1H3,(H,38,39). The largest absolute Gasteiger partial charge is 0.378 e. The lowest BCUT2D eigenvalue weighted by molar-refractivity contribution is -0.0660. The van der Waals surface area contributed by atoms with E-state index in [4.69, 9.17) is 4.74 Å². The van der Waals surface area contributed by atoms with Crippen molar-refractivity contribution in [3.05, 3.63) is 81.5 Å². The van der Waals surface area contributed by atoms with E-state index < -0.39 is 11.7 Å². The van der Waals surface area contributed by atoms with Crippen molar-refractivity contribution in [1.29, 1.82) is 0 Å². The first kappa shape index (κ1) is 30.5. The number of amides is 1. The molecular weight excluding hydrogens is 615 g/mol. The number of hydrogen-bond donors (Lipinski definition) is 1. The number of carbonyl (C=O) groups is 2. The van der Waals surface area contributed by atoms with E-state index in [1.807, 2.05) is 22.9 Å². The zero-order valence-corrected chi connectivity index (χ0v) is 26.8. The normalized spacial score (nSPS) is 18.3. The molecule has 48 heavy (non-hydrogen) atoms. The predicted octanol–water partition coefficient (Wildman–Crippen LogP) is 3.40. The van der Waals surface area contributed by atoms with Crippen molar-refractivity contribution in [2.24, 2.45) is 7.05 Å². The van der Waals surface area contributed by atoms with Crippen LogP contribution in [0.1, 0.15) is 44.9 Å². The minimum absolute atomic E-state index is 0.0837. The highest BCUT2D eigenvalue weighted by Crippen LogP contribution is 2.36. The van der Waals surface area contributed by atoms with Crippen LogP contribution in [0.3, 0.4) is 0 Å². The number of aromatic nitrogens is 4. The fraction of sp³-hybridized carbons (Fsp3) is 0.400. The molecule has 0 unspecified atom stereocenters. The number of piperazine rings is 1. The molecule has 0 radical (unpaired) electrons. The molecule has 1 N–H and O–H groups in total. The Kier molecular flexibility index (Phi) is 7.80. The van der Waals surface area contributed by atoms with Gasteiger partial charge in [-0.3, -0.25) is 24.2 Å². The third-order valence-corrected chi connectivity index (χ3v) is 10.2.